The lowest BCUT2D eigenvalue weighted by Crippen LogP contribution is -2.49. The van der Waals surface area contributed by atoms with E-state index in [-0.39, 0.29) is 17.0 Å². The van der Waals surface area contributed by atoms with Crippen LogP contribution in [0.3, 0.4) is 0 Å². The second-order valence-electron chi connectivity index (χ2n) is 5.12. The molecule has 20 heavy (non-hydrogen) atoms. The first-order chi connectivity index (χ1) is 9.32. The van der Waals surface area contributed by atoms with Crippen LogP contribution in [0.15, 0.2) is 23.1 Å². The van der Waals surface area contributed by atoms with Crippen LogP contribution in [0.25, 0.3) is 0 Å². The minimum atomic E-state index is -3.73. The van der Waals surface area contributed by atoms with Crippen molar-refractivity contribution >= 4 is 21.4 Å². The van der Waals surface area contributed by atoms with Gasteiger partial charge < -0.3 is 15.4 Å². The summed E-state index contributed by atoms with van der Waals surface area (Å²) >= 11 is 0. The number of hydrogen-bond donors (Lipinski definition) is 2. The minimum Gasteiger partial charge on any atom is -0.397 e. The topological polar surface area (TPSA) is 98.6 Å². The average molecular weight is 299 g/mol. The van der Waals surface area contributed by atoms with E-state index in [1.54, 1.807) is 12.1 Å². The molecule has 2 unspecified atom stereocenters. The van der Waals surface area contributed by atoms with Crippen LogP contribution in [0.5, 0.6) is 0 Å². The number of hydrogen-bond acceptors (Lipinski definition) is 5. The molecule has 2 atom stereocenters. The summed E-state index contributed by atoms with van der Waals surface area (Å²) in [5.41, 5.74) is 7.26. The SMILES string of the molecule is CCC1COC(C)CN1c1cc(S(N)(=O)=O)ccc1N. The molecule has 0 bridgehead atoms. The highest BCUT2D eigenvalue weighted by Gasteiger charge is 2.27. The molecule has 1 heterocycles. The van der Waals surface area contributed by atoms with Crippen molar-refractivity contribution in [2.75, 3.05) is 23.8 Å². The van der Waals surface area contributed by atoms with E-state index >= 15 is 0 Å². The lowest BCUT2D eigenvalue weighted by molar-refractivity contribution is 0.0300. The number of anilines is 2. The van der Waals surface area contributed by atoms with Gasteiger partial charge in [-0.2, -0.15) is 0 Å². The zero-order chi connectivity index (χ0) is 14.9. The van der Waals surface area contributed by atoms with Crippen LogP contribution in [0.2, 0.25) is 0 Å². The van der Waals surface area contributed by atoms with Crippen molar-refractivity contribution in [2.24, 2.45) is 5.14 Å². The summed E-state index contributed by atoms with van der Waals surface area (Å²) in [6.45, 7) is 5.34. The van der Waals surface area contributed by atoms with Crippen LogP contribution in [0.1, 0.15) is 20.3 Å². The third-order valence-electron chi connectivity index (χ3n) is 3.58. The van der Waals surface area contributed by atoms with Gasteiger partial charge in [-0.1, -0.05) is 6.92 Å². The van der Waals surface area contributed by atoms with E-state index in [0.717, 1.165) is 6.42 Å². The van der Waals surface area contributed by atoms with Gasteiger partial charge in [0.25, 0.3) is 0 Å². The summed E-state index contributed by atoms with van der Waals surface area (Å²) in [5, 5.41) is 5.19. The van der Waals surface area contributed by atoms with E-state index < -0.39 is 10.0 Å². The molecule has 1 fully saturated rings. The lowest BCUT2D eigenvalue weighted by atomic mass is 10.1. The maximum Gasteiger partial charge on any atom is 0.238 e. The molecule has 1 aliphatic rings. The summed E-state index contributed by atoms with van der Waals surface area (Å²) in [4.78, 5) is 2.19. The Morgan fingerprint density at radius 2 is 2.15 bits per heavy atom. The van der Waals surface area contributed by atoms with Crippen molar-refractivity contribution in [3.05, 3.63) is 18.2 Å². The second kappa shape index (κ2) is 5.59. The molecular formula is C13H21N3O3S. The zero-order valence-corrected chi connectivity index (χ0v) is 12.6. The summed E-state index contributed by atoms with van der Waals surface area (Å²) < 4.78 is 28.6. The van der Waals surface area contributed by atoms with Gasteiger partial charge in [0.05, 0.1) is 35.0 Å². The van der Waals surface area contributed by atoms with Crippen LogP contribution >= 0.6 is 0 Å². The fourth-order valence-corrected chi connectivity index (χ4v) is 2.96. The van der Waals surface area contributed by atoms with Crippen LogP contribution < -0.4 is 15.8 Å². The predicted molar refractivity (Wildman–Crippen MR) is 79.1 cm³/mol. The molecule has 4 N–H and O–H groups in total. The number of sulfonamides is 1. The van der Waals surface area contributed by atoms with E-state index in [2.05, 4.69) is 11.8 Å². The first kappa shape index (κ1) is 15.1. The number of primary sulfonamides is 1. The first-order valence-electron chi connectivity index (χ1n) is 6.63. The van der Waals surface area contributed by atoms with Gasteiger partial charge in [-0.25, -0.2) is 13.6 Å². The Bertz CT molecular complexity index is 589. The standard InChI is InChI=1S/C13H21N3O3S/c1-3-10-8-19-9(2)7-16(10)13-6-11(20(15,17)18)4-5-12(13)14/h4-6,9-10H,3,7-8,14H2,1-2H3,(H2,15,17,18). The van der Waals surface area contributed by atoms with Gasteiger partial charge in [0, 0.05) is 6.54 Å². The number of rotatable bonds is 3. The number of nitrogens with two attached hydrogens (primary N) is 2. The van der Waals surface area contributed by atoms with Gasteiger partial charge in [-0.3, -0.25) is 0 Å². The Labute approximate surface area is 119 Å². The molecule has 0 spiro atoms. The molecule has 6 nitrogen and oxygen atoms in total. The third kappa shape index (κ3) is 3.05. The predicted octanol–water partition coefficient (Wildman–Crippen LogP) is 0.920. The molecule has 0 radical (unpaired) electrons. The van der Waals surface area contributed by atoms with Crippen LogP contribution in [0.4, 0.5) is 11.4 Å². The van der Waals surface area contributed by atoms with Gasteiger partial charge in [-0.15, -0.1) is 0 Å². The van der Waals surface area contributed by atoms with Crippen LogP contribution in [0, 0.1) is 0 Å². The summed E-state index contributed by atoms with van der Waals surface area (Å²) in [7, 11) is -3.73. The number of nitrogen functional groups attached to an aromatic ring is 1. The molecule has 0 aromatic heterocycles. The fraction of sp³-hybridized carbons (Fsp3) is 0.538. The quantitative estimate of drug-likeness (QED) is 0.809. The largest absolute Gasteiger partial charge is 0.397 e. The van der Waals surface area contributed by atoms with E-state index in [1.165, 1.54) is 6.07 Å². The number of ether oxygens (including phenoxy) is 1. The average Bonchev–Trinajstić information content (AvgIpc) is 2.38. The molecule has 112 valence electrons. The van der Waals surface area contributed by atoms with E-state index in [1.807, 2.05) is 6.92 Å². The number of morpholine rings is 1. The van der Waals surface area contributed by atoms with Gasteiger partial charge in [-0.05, 0) is 31.5 Å². The van der Waals surface area contributed by atoms with Crippen molar-refractivity contribution in [1.82, 2.24) is 0 Å². The molecule has 1 aromatic rings. The van der Waals surface area contributed by atoms with E-state index in [9.17, 15) is 8.42 Å². The summed E-state index contributed by atoms with van der Waals surface area (Å²) in [6, 6.07) is 4.75. The molecule has 1 saturated heterocycles. The Morgan fingerprint density at radius 1 is 1.45 bits per heavy atom. The Hall–Kier alpha value is -1.31. The Morgan fingerprint density at radius 3 is 2.75 bits per heavy atom. The number of benzene rings is 1. The second-order valence-corrected chi connectivity index (χ2v) is 6.69. The van der Waals surface area contributed by atoms with Crippen LogP contribution in [-0.4, -0.2) is 33.7 Å². The summed E-state index contributed by atoms with van der Waals surface area (Å²) in [6.07, 6.45) is 0.974. The van der Waals surface area contributed by atoms with Crippen molar-refractivity contribution in [3.63, 3.8) is 0 Å². The molecule has 0 aliphatic carbocycles. The van der Waals surface area contributed by atoms with Gasteiger partial charge in [0.15, 0.2) is 0 Å². The van der Waals surface area contributed by atoms with Crippen molar-refractivity contribution in [2.45, 2.75) is 37.3 Å². The van der Waals surface area contributed by atoms with Gasteiger partial charge in [0.2, 0.25) is 10.0 Å². The van der Waals surface area contributed by atoms with E-state index in [0.29, 0.717) is 24.5 Å². The molecule has 1 aliphatic heterocycles. The van der Waals surface area contributed by atoms with Crippen LogP contribution in [-0.2, 0) is 14.8 Å². The highest BCUT2D eigenvalue weighted by atomic mass is 32.2. The van der Waals surface area contributed by atoms with Crippen molar-refractivity contribution in [1.29, 1.82) is 0 Å². The normalized spacial score (nSPS) is 23.9. The Balaban J connectivity index is 2.44. The maximum atomic E-state index is 11.5. The highest BCUT2D eigenvalue weighted by Crippen LogP contribution is 2.30. The monoisotopic (exact) mass is 299 g/mol. The van der Waals surface area contributed by atoms with Crippen molar-refractivity contribution < 1.29 is 13.2 Å². The Kier molecular flexibility index (Phi) is 4.22. The highest BCUT2D eigenvalue weighted by molar-refractivity contribution is 7.89. The van der Waals surface area contributed by atoms with Crippen molar-refractivity contribution in [3.8, 4) is 0 Å². The summed E-state index contributed by atoms with van der Waals surface area (Å²) in [5.74, 6) is 0. The molecule has 1 aromatic carbocycles. The van der Waals surface area contributed by atoms with E-state index in [4.69, 9.17) is 15.6 Å². The number of nitrogens with zero attached hydrogens (tertiary/aromatic N) is 1. The van der Waals surface area contributed by atoms with Gasteiger partial charge >= 0.3 is 0 Å². The maximum absolute atomic E-state index is 11.5. The smallest absolute Gasteiger partial charge is 0.238 e. The molecule has 0 saturated carbocycles. The zero-order valence-electron chi connectivity index (χ0n) is 11.7. The molecule has 0 amide bonds. The molecular weight excluding hydrogens is 278 g/mol. The lowest BCUT2D eigenvalue weighted by Gasteiger charge is -2.40. The minimum absolute atomic E-state index is 0.0790. The third-order valence-corrected chi connectivity index (χ3v) is 4.49. The fourth-order valence-electron chi connectivity index (χ4n) is 2.43. The molecule has 7 heteroatoms. The van der Waals surface area contributed by atoms with Gasteiger partial charge in [0.1, 0.15) is 0 Å². The first-order valence-corrected chi connectivity index (χ1v) is 8.18. The molecule has 2 rings (SSSR count).